The number of carbonyl (C=O) groups excluding carboxylic acids is 1. The van der Waals surface area contributed by atoms with Crippen molar-refractivity contribution >= 4 is 5.91 Å². The molecule has 0 aliphatic heterocycles. The van der Waals surface area contributed by atoms with Crippen LogP contribution in [0.15, 0.2) is 24.5 Å². The van der Waals surface area contributed by atoms with E-state index in [-0.39, 0.29) is 19.6 Å². The highest BCUT2D eigenvalue weighted by atomic mass is 19.4. The van der Waals surface area contributed by atoms with Crippen molar-refractivity contribution in [3.05, 3.63) is 30.1 Å². The van der Waals surface area contributed by atoms with Gasteiger partial charge < -0.3 is 5.32 Å². The monoisotopic (exact) mass is 275 g/mol. The molecule has 0 bridgehead atoms. The Morgan fingerprint density at radius 2 is 2.21 bits per heavy atom. The van der Waals surface area contributed by atoms with Crippen LogP contribution < -0.4 is 5.32 Å². The Kier molecular flexibility index (Phi) is 5.75. The van der Waals surface area contributed by atoms with Gasteiger partial charge in [-0.05, 0) is 18.2 Å². The quantitative estimate of drug-likeness (QED) is 0.857. The minimum absolute atomic E-state index is 0.166. The summed E-state index contributed by atoms with van der Waals surface area (Å²) in [6.45, 7) is 0.663. The van der Waals surface area contributed by atoms with E-state index in [1.54, 1.807) is 31.5 Å². The minimum Gasteiger partial charge on any atom is -0.351 e. The number of nitrogens with zero attached hydrogens (tertiary/aromatic N) is 2. The Morgan fingerprint density at radius 3 is 2.74 bits per heavy atom. The van der Waals surface area contributed by atoms with Gasteiger partial charge in [0.15, 0.2) is 0 Å². The van der Waals surface area contributed by atoms with Crippen LogP contribution in [0.1, 0.15) is 12.5 Å². The topological polar surface area (TPSA) is 45.2 Å². The van der Waals surface area contributed by atoms with Gasteiger partial charge in [0.25, 0.3) is 0 Å². The Bertz CT molecular complexity index is 395. The smallest absolute Gasteiger partial charge is 0.351 e. The summed E-state index contributed by atoms with van der Waals surface area (Å²) in [4.78, 5) is 16.4. The third kappa shape index (κ3) is 6.76. The number of nitrogens with one attached hydrogen (secondary N) is 1. The fourth-order valence-corrected chi connectivity index (χ4v) is 1.50. The average molecular weight is 275 g/mol. The first-order valence-electron chi connectivity index (χ1n) is 5.85. The van der Waals surface area contributed by atoms with Crippen LogP contribution in [0.25, 0.3) is 0 Å². The van der Waals surface area contributed by atoms with E-state index in [9.17, 15) is 18.0 Å². The molecular formula is C12H16F3N3O. The summed E-state index contributed by atoms with van der Waals surface area (Å²) in [7, 11) is 0. The normalized spacial score (nSPS) is 11.6. The Labute approximate surface area is 109 Å². The second kappa shape index (κ2) is 7.08. The van der Waals surface area contributed by atoms with Gasteiger partial charge >= 0.3 is 6.18 Å². The van der Waals surface area contributed by atoms with Crippen LogP contribution in [0, 0.1) is 0 Å². The molecule has 0 aromatic carbocycles. The van der Waals surface area contributed by atoms with Crippen LogP contribution in [0.2, 0.25) is 0 Å². The zero-order valence-electron chi connectivity index (χ0n) is 10.6. The lowest BCUT2D eigenvalue weighted by Gasteiger charge is -2.21. The third-order valence-electron chi connectivity index (χ3n) is 2.43. The highest BCUT2D eigenvalue weighted by Crippen LogP contribution is 2.15. The lowest BCUT2D eigenvalue weighted by atomic mass is 10.3. The van der Waals surface area contributed by atoms with Crippen LogP contribution in [-0.2, 0) is 11.3 Å². The number of alkyl halides is 3. The standard InChI is InChI=1S/C12H16F3N3O/c1-2-18(9-12(13,14)15)8-11(19)17-7-10-4-3-5-16-6-10/h3-6H,2,7-9H2,1H3,(H,17,19). The number of likely N-dealkylation sites (N-methyl/N-ethyl adjacent to an activating group) is 1. The fourth-order valence-electron chi connectivity index (χ4n) is 1.50. The number of rotatable bonds is 6. The zero-order chi connectivity index (χ0) is 14.3. The minimum atomic E-state index is -4.29. The van der Waals surface area contributed by atoms with Crippen molar-refractivity contribution in [1.29, 1.82) is 0 Å². The number of aromatic nitrogens is 1. The van der Waals surface area contributed by atoms with Crippen molar-refractivity contribution in [3.8, 4) is 0 Å². The fraction of sp³-hybridized carbons (Fsp3) is 0.500. The summed E-state index contributed by atoms with van der Waals surface area (Å²) in [6, 6.07) is 3.50. The largest absolute Gasteiger partial charge is 0.401 e. The van der Waals surface area contributed by atoms with E-state index in [4.69, 9.17) is 0 Å². The van der Waals surface area contributed by atoms with Gasteiger partial charge in [-0.3, -0.25) is 14.7 Å². The van der Waals surface area contributed by atoms with Crippen molar-refractivity contribution in [3.63, 3.8) is 0 Å². The van der Waals surface area contributed by atoms with E-state index in [1.165, 1.54) is 0 Å². The van der Waals surface area contributed by atoms with Crippen LogP contribution in [0.4, 0.5) is 13.2 Å². The number of amides is 1. The average Bonchev–Trinajstić information content (AvgIpc) is 2.35. The van der Waals surface area contributed by atoms with Crippen molar-refractivity contribution in [2.75, 3.05) is 19.6 Å². The molecule has 0 saturated carbocycles. The Balaban J connectivity index is 2.37. The van der Waals surface area contributed by atoms with Crippen molar-refractivity contribution in [1.82, 2.24) is 15.2 Å². The van der Waals surface area contributed by atoms with Crippen molar-refractivity contribution < 1.29 is 18.0 Å². The van der Waals surface area contributed by atoms with Gasteiger partial charge in [-0.15, -0.1) is 0 Å². The molecule has 0 saturated heterocycles. The number of hydrogen-bond acceptors (Lipinski definition) is 3. The van der Waals surface area contributed by atoms with Gasteiger partial charge in [-0.2, -0.15) is 13.2 Å². The molecule has 1 heterocycles. The second-order valence-corrected chi connectivity index (χ2v) is 4.06. The molecule has 106 valence electrons. The van der Waals surface area contributed by atoms with Crippen LogP contribution in [0.3, 0.4) is 0 Å². The van der Waals surface area contributed by atoms with Crippen molar-refractivity contribution in [2.24, 2.45) is 0 Å². The lowest BCUT2D eigenvalue weighted by molar-refractivity contribution is -0.148. The number of carbonyl (C=O) groups is 1. The lowest BCUT2D eigenvalue weighted by Crippen LogP contribution is -2.41. The summed E-state index contributed by atoms with van der Waals surface area (Å²) >= 11 is 0. The summed E-state index contributed by atoms with van der Waals surface area (Å²) in [5.74, 6) is -0.435. The molecule has 1 amide bonds. The molecule has 1 rings (SSSR count). The number of halogens is 3. The van der Waals surface area contributed by atoms with Crippen molar-refractivity contribution in [2.45, 2.75) is 19.6 Å². The second-order valence-electron chi connectivity index (χ2n) is 4.06. The molecule has 4 nitrogen and oxygen atoms in total. The van der Waals surface area contributed by atoms with Gasteiger partial charge in [0.1, 0.15) is 0 Å². The Hall–Kier alpha value is -1.63. The molecule has 0 spiro atoms. The maximum Gasteiger partial charge on any atom is 0.401 e. The first kappa shape index (κ1) is 15.4. The summed E-state index contributed by atoms with van der Waals surface area (Å²) in [5, 5.41) is 2.56. The molecule has 7 heteroatoms. The van der Waals surface area contributed by atoms with Gasteiger partial charge in [0, 0.05) is 18.9 Å². The Morgan fingerprint density at radius 1 is 1.47 bits per heavy atom. The van der Waals surface area contributed by atoms with E-state index in [2.05, 4.69) is 10.3 Å². The van der Waals surface area contributed by atoms with Crippen LogP contribution in [-0.4, -0.2) is 41.6 Å². The highest BCUT2D eigenvalue weighted by molar-refractivity contribution is 5.77. The maximum absolute atomic E-state index is 12.2. The maximum atomic E-state index is 12.2. The predicted octanol–water partition coefficient (Wildman–Crippen LogP) is 1.58. The molecule has 19 heavy (non-hydrogen) atoms. The van der Waals surface area contributed by atoms with E-state index >= 15 is 0 Å². The van der Waals surface area contributed by atoms with E-state index in [1.807, 2.05) is 0 Å². The van der Waals surface area contributed by atoms with Crippen LogP contribution >= 0.6 is 0 Å². The first-order valence-corrected chi connectivity index (χ1v) is 5.85. The molecule has 0 aliphatic rings. The number of pyridine rings is 1. The molecule has 1 N–H and O–H groups in total. The highest BCUT2D eigenvalue weighted by Gasteiger charge is 2.30. The summed E-state index contributed by atoms with van der Waals surface area (Å²) < 4.78 is 36.6. The molecule has 0 fully saturated rings. The summed E-state index contributed by atoms with van der Waals surface area (Å²) in [6.07, 6.45) is -1.10. The SMILES string of the molecule is CCN(CC(=O)NCc1cccnc1)CC(F)(F)F. The van der Waals surface area contributed by atoms with Gasteiger partial charge in [0.2, 0.25) is 5.91 Å². The number of hydrogen-bond donors (Lipinski definition) is 1. The third-order valence-corrected chi connectivity index (χ3v) is 2.43. The molecule has 0 radical (unpaired) electrons. The van der Waals surface area contributed by atoms with E-state index < -0.39 is 18.6 Å². The van der Waals surface area contributed by atoms with E-state index in [0.717, 1.165) is 10.5 Å². The van der Waals surface area contributed by atoms with Gasteiger partial charge in [-0.25, -0.2) is 0 Å². The molecular weight excluding hydrogens is 259 g/mol. The molecule has 0 aliphatic carbocycles. The van der Waals surface area contributed by atoms with Gasteiger partial charge in [-0.1, -0.05) is 13.0 Å². The summed E-state index contributed by atoms with van der Waals surface area (Å²) in [5.41, 5.74) is 0.801. The van der Waals surface area contributed by atoms with Gasteiger partial charge in [0.05, 0.1) is 13.1 Å². The first-order chi connectivity index (χ1) is 8.90. The van der Waals surface area contributed by atoms with E-state index in [0.29, 0.717) is 0 Å². The predicted molar refractivity (Wildman–Crippen MR) is 64.3 cm³/mol. The zero-order valence-corrected chi connectivity index (χ0v) is 10.6. The molecule has 0 atom stereocenters. The molecule has 1 aromatic rings. The molecule has 1 aromatic heterocycles. The molecule has 0 unspecified atom stereocenters. The van der Waals surface area contributed by atoms with Crippen LogP contribution in [0.5, 0.6) is 0 Å².